The molecule has 1 heterocycles. The fraction of sp³-hybridized carbons (Fsp3) is 0.0909. The molecule has 0 saturated carbocycles. The van der Waals surface area contributed by atoms with Crippen LogP contribution in [0.15, 0.2) is 40.6 Å². The summed E-state index contributed by atoms with van der Waals surface area (Å²) in [5.41, 5.74) is 6.85. The largest absolute Gasteiger partial charge is 0.326 e. The second kappa shape index (κ2) is 5.27. The van der Waals surface area contributed by atoms with Crippen molar-refractivity contribution in [3.8, 4) is 0 Å². The van der Waals surface area contributed by atoms with Crippen molar-refractivity contribution in [1.82, 2.24) is 0 Å². The molecule has 1 aromatic carbocycles. The molecule has 0 aliphatic carbocycles. The standard InChI is InChI=1S/C11H11ClN2O2S2/c12-10-4-5-11(17-10)18(15,16)14-9-3-1-2-8(6-9)7-13/h1-6,14H,7,13H2. The number of thiophene rings is 1. The molecule has 3 N–H and O–H groups in total. The molecule has 0 aliphatic heterocycles. The van der Waals surface area contributed by atoms with Crippen molar-refractivity contribution < 1.29 is 8.42 Å². The molecule has 2 aromatic rings. The molecule has 18 heavy (non-hydrogen) atoms. The zero-order chi connectivity index (χ0) is 13.2. The number of hydrogen-bond donors (Lipinski definition) is 2. The van der Waals surface area contributed by atoms with Gasteiger partial charge >= 0.3 is 0 Å². The number of hydrogen-bond acceptors (Lipinski definition) is 4. The van der Waals surface area contributed by atoms with E-state index < -0.39 is 10.0 Å². The molecule has 0 radical (unpaired) electrons. The highest BCUT2D eigenvalue weighted by atomic mass is 35.5. The van der Waals surface area contributed by atoms with E-state index in [0.29, 0.717) is 16.6 Å². The quantitative estimate of drug-likeness (QED) is 0.912. The lowest BCUT2D eigenvalue weighted by molar-refractivity contribution is 0.603. The van der Waals surface area contributed by atoms with Gasteiger partial charge < -0.3 is 5.73 Å². The summed E-state index contributed by atoms with van der Waals surface area (Å²) >= 11 is 6.74. The van der Waals surface area contributed by atoms with Crippen LogP contribution in [0.25, 0.3) is 0 Å². The Morgan fingerprint density at radius 1 is 1.28 bits per heavy atom. The van der Waals surface area contributed by atoms with Gasteiger partial charge in [0.05, 0.1) is 4.34 Å². The molecule has 96 valence electrons. The summed E-state index contributed by atoms with van der Waals surface area (Å²) in [7, 11) is -3.57. The number of sulfonamides is 1. The van der Waals surface area contributed by atoms with E-state index in [4.69, 9.17) is 17.3 Å². The molecule has 1 aromatic heterocycles. The summed E-state index contributed by atoms with van der Waals surface area (Å²) in [4.78, 5) is 0. The third-order valence-corrected chi connectivity index (χ3v) is 5.33. The Morgan fingerprint density at radius 3 is 2.67 bits per heavy atom. The molecular formula is C11H11ClN2O2S2. The van der Waals surface area contributed by atoms with Crippen molar-refractivity contribution in [2.24, 2.45) is 5.73 Å². The fourth-order valence-electron chi connectivity index (χ4n) is 1.41. The maximum atomic E-state index is 12.0. The lowest BCUT2D eigenvalue weighted by atomic mass is 10.2. The van der Waals surface area contributed by atoms with Gasteiger partial charge in [-0.2, -0.15) is 0 Å². The summed E-state index contributed by atoms with van der Waals surface area (Å²) in [6, 6.07) is 9.99. The van der Waals surface area contributed by atoms with Crippen LogP contribution in [-0.2, 0) is 16.6 Å². The molecule has 0 aliphatic rings. The van der Waals surface area contributed by atoms with E-state index in [1.165, 1.54) is 6.07 Å². The first kappa shape index (κ1) is 13.4. The van der Waals surface area contributed by atoms with Crippen LogP contribution in [-0.4, -0.2) is 8.42 Å². The number of anilines is 1. The van der Waals surface area contributed by atoms with E-state index >= 15 is 0 Å². The summed E-state index contributed by atoms with van der Waals surface area (Å²) in [6.07, 6.45) is 0. The second-order valence-electron chi connectivity index (χ2n) is 3.57. The van der Waals surface area contributed by atoms with Crippen LogP contribution < -0.4 is 10.5 Å². The monoisotopic (exact) mass is 302 g/mol. The molecule has 7 heteroatoms. The number of benzene rings is 1. The van der Waals surface area contributed by atoms with E-state index in [1.54, 1.807) is 24.3 Å². The van der Waals surface area contributed by atoms with Crippen LogP contribution in [0.5, 0.6) is 0 Å². The zero-order valence-corrected chi connectivity index (χ0v) is 11.6. The highest BCUT2D eigenvalue weighted by molar-refractivity contribution is 7.94. The highest BCUT2D eigenvalue weighted by Crippen LogP contribution is 2.27. The molecule has 0 bridgehead atoms. The molecule has 2 rings (SSSR count). The van der Waals surface area contributed by atoms with Crippen LogP contribution in [0.4, 0.5) is 5.69 Å². The van der Waals surface area contributed by atoms with E-state index in [0.717, 1.165) is 16.9 Å². The van der Waals surface area contributed by atoms with Crippen molar-refractivity contribution in [3.63, 3.8) is 0 Å². The Hall–Kier alpha value is -1.08. The number of nitrogens with one attached hydrogen (secondary N) is 1. The average molecular weight is 303 g/mol. The Bertz CT molecular complexity index is 653. The lowest BCUT2D eigenvalue weighted by Crippen LogP contribution is -2.11. The van der Waals surface area contributed by atoms with Crippen molar-refractivity contribution >= 4 is 38.6 Å². The first-order valence-electron chi connectivity index (χ1n) is 5.08. The van der Waals surface area contributed by atoms with Gasteiger partial charge in [-0.15, -0.1) is 11.3 Å². The van der Waals surface area contributed by atoms with Crippen LogP contribution in [0.3, 0.4) is 0 Å². The molecular weight excluding hydrogens is 292 g/mol. The molecule has 0 saturated heterocycles. The van der Waals surface area contributed by atoms with Crippen molar-refractivity contribution in [1.29, 1.82) is 0 Å². The van der Waals surface area contributed by atoms with Gasteiger partial charge in [-0.05, 0) is 29.8 Å². The third-order valence-electron chi connectivity index (χ3n) is 2.23. The molecule has 0 unspecified atom stereocenters. The Balaban J connectivity index is 2.27. The van der Waals surface area contributed by atoms with Gasteiger partial charge in [0.25, 0.3) is 10.0 Å². The Morgan fingerprint density at radius 2 is 2.06 bits per heavy atom. The van der Waals surface area contributed by atoms with E-state index in [2.05, 4.69) is 4.72 Å². The van der Waals surface area contributed by atoms with Gasteiger partial charge in [-0.25, -0.2) is 8.42 Å². The number of nitrogens with two attached hydrogens (primary N) is 1. The summed E-state index contributed by atoms with van der Waals surface area (Å²) in [5.74, 6) is 0. The van der Waals surface area contributed by atoms with Gasteiger partial charge in [0.2, 0.25) is 0 Å². The minimum Gasteiger partial charge on any atom is -0.326 e. The van der Waals surface area contributed by atoms with Crippen LogP contribution in [0.1, 0.15) is 5.56 Å². The van der Waals surface area contributed by atoms with E-state index in [1.807, 2.05) is 6.07 Å². The second-order valence-corrected chi connectivity index (χ2v) is 7.19. The van der Waals surface area contributed by atoms with Crippen molar-refractivity contribution in [2.75, 3.05) is 4.72 Å². The number of halogens is 1. The minimum atomic E-state index is -3.57. The van der Waals surface area contributed by atoms with Crippen molar-refractivity contribution in [3.05, 3.63) is 46.3 Å². The molecule has 0 fully saturated rings. The lowest BCUT2D eigenvalue weighted by Gasteiger charge is -2.07. The van der Waals surface area contributed by atoms with Gasteiger partial charge in [-0.1, -0.05) is 23.7 Å². The smallest absolute Gasteiger partial charge is 0.271 e. The van der Waals surface area contributed by atoms with Gasteiger partial charge in [-0.3, -0.25) is 4.72 Å². The number of rotatable bonds is 4. The zero-order valence-electron chi connectivity index (χ0n) is 9.26. The first-order valence-corrected chi connectivity index (χ1v) is 7.76. The fourth-order valence-corrected chi connectivity index (χ4v) is 3.94. The van der Waals surface area contributed by atoms with Crippen LogP contribution >= 0.6 is 22.9 Å². The minimum absolute atomic E-state index is 0.186. The SMILES string of the molecule is NCc1cccc(NS(=O)(=O)c2ccc(Cl)s2)c1. The summed E-state index contributed by atoms with van der Waals surface area (Å²) in [6.45, 7) is 0.362. The predicted molar refractivity (Wildman–Crippen MR) is 74.5 cm³/mol. The summed E-state index contributed by atoms with van der Waals surface area (Å²) < 4.78 is 27.2. The average Bonchev–Trinajstić information content (AvgIpc) is 2.76. The van der Waals surface area contributed by atoms with Gasteiger partial charge in [0.15, 0.2) is 0 Å². The molecule has 0 spiro atoms. The Labute approximate surface area is 114 Å². The van der Waals surface area contributed by atoms with E-state index in [9.17, 15) is 8.42 Å². The van der Waals surface area contributed by atoms with E-state index in [-0.39, 0.29) is 4.21 Å². The maximum Gasteiger partial charge on any atom is 0.271 e. The third kappa shape index (κ3) is 3.02. The normalized spacial score (nSPS) is 11.4. The molecule has 4 nitrogen and oxygen atoms in total. The molecule has 0 atom stereocenters. The van der Waals surface area contributed by atoms with Crippen LogP contribution in [0.2, 0.25) is 4.34 Å². The first-order chi connectivity index (χ1) is 8.51. The van der Waals surface area contributed by atoms with Gasteiger partial charge in [0.1, 0.15) is 4.21 Å². The summed E-state index contributed by atoms with van der Waals surface area (Å²) in [5, 5.41) is 0. The van der Waals surface area contributed by atoms with Crippen molar-refractivity contribution in [2.45, 2.75) is 10.8 Å². The molecule has 0 amide bonds. The Kier molecular flexibility index (Phi) is 3.91. The highest BCUT2D eigenvalue weighted by Gasteiger charge is 2.16. The predicted octanol–water partition coefficient (Wildman–Crippen LogP) is 2.66. The van der Waals surface area contributed by atoms with Gasteiger partial charge in [0, 0.05) is 12.2 Å². The maximum absolute atomic E-state index is 12.0. The topological polar surface area (TPSA) is 72.2 Å². The van der Waals surface area contributed by atoms with Crippen LogP contribution in [0, 0.1) is 0 Å².